The van der Waals surface area contributed by atoms with Gasteiger partial charge < -0.3 is 9.80 Å². The minimum absolute atomic E-state index is 0.130. The lowest BCUT2D eigenvalue weighted by Gasteiger charge is -2.32. The molecule has 0 spiro atoms. The highest BCUT2D eigenvalue weighted by atomic mass is 32.1. The molecule has 2 atom stereocenters. The number of nitrogens with zero attached hydrogens (tertiary/aromatic N) is 3. The average Bonchev–Trinajstić information content (AvgIpc) is 3.18. The number of aryl methyl sites for hydroxylation is 2. The smallest absolute Gasteiger partial charge is 0.228 e. The van der Waals surface area contributed by atoms with Gasteiger partial charge in [-0.2, -0.15) is 0 Å². The van der Waals surface area contributed by atoms with E-state index >= 15 is 0 Å². The molecule has 0 aromatic carbocycles. The van der Waals surface area contributed by atoms with Crippen LogP contribution >= 0.6 is 11.3 Å². The van der Waals surface area contributed by atoms with Crippen molar-refractivity contribution in [1.29, 1.82) is 0 Å². The summed E-state index contributed by atoms with van der Waals surface area (Å²) >= 11 is 1.72. The fraction of sp³-hybridized carbons (Fsp3) is 0.722. The highest BCUT2D eigenvalue weighted by Gasteiger charge is 2.40. The Bertz CT molecular complexity index is 667. The normalized spacial score (nSPS) is 26.6. The van der Waals surface area contributed by atoms with E-state index < -0.39 is 0 Å². The molecule has 1 aromatic heterocycles. The molecule has 0 radical (unpaired) electrons. The van der Waals surface area contributed by atoms with E-state index in [1.54, 1.807) is 11.3 Å². The van der Waals surface area contributed by atoms with Crippen molar-refractivity contribution >= 4 is 23.2 Å². The van der Waals surface area contributed by atoms with Gasteiger partial charge >= 0.3 is 0 Å². The van der Waals surface area contributed by atoms with Crippen LogP contribution in [0, 0.1) is 18.8 Å². The summed E-state index contributed by atoms with van der Waals surface area (Å²) < 4.78 is 0. The lowest BCUT2D eigenvalue weighted by Crippen LogP contribution is -2.38. The summed E-state index contributed by atoms with van der Waals surface area (Å²) in [5, 5.41) is 1.08. The van der Waals surface area contributed by atoms with Gasteiger partial charge in [0.15, 0.2) is 0 Å². The van der Waals surface area contributed by atoms with Gasteiger partial charge in [0.05, 0.1) is 27.5 Å². The van der Waals surface area contributed by atoms with Crippen LogP contribution in [0.5, 0.6) is 0 Å². The number of carbonyl (C=O) groups excluding carboxylic acids is 2. The van der Waals surface area contributed by atoms with Crippen LogP contribution in [0.25, 0.3) is 0 Å². The van der Waals surface area contributed by atoms with Gasteiger partial charge in [0.25, 0.3) is 0 Å². The van der Waals surface area contributed by atoms with Crippen LogP contribution in [0.15, 0.2) is 0 Å². The topological polar surface area (TPSA) is 53.5 Å². The zero-order valence-electron chi connectivity index (χ0n) is 14.5. The molecule has 4 rings (SSSR count). The summed E-state index contributed by atoms with van der Waals surface area (Å²) in [5.74, 6) is 0.805. The molecule has 24 heavy (non-hydrogen) atoms. The van der Waals surface area contributed by atoms with Gasteiger partial charge in [0, 0.05) is 26.6 Å². The molecule has 0 unspecified atom stereocenters. The first-order valence-electron chi connectivity index (χ1n) is 9.03. The molecule has 0 N–H and O–H groups in total. The highest BCUT2D eigenvalue weighted by molar-refractivity contribution is 7.11. The van der Waals surface area contributed by atoms with E-state index in [4.69, 9.17) is 0 Å². The lowest BCUT2D eigenvalue weighted by atomic mass is 9.95. The first-order valence-corrected chi connectivity index (χ1v) is 9.85. The summed E-state index contributed by atoms with van der Waals surface area (Å²) in [7, 11) is 1.91. The SMILES string of the molecule is Cc1nc2c(s1)[C@@H](N(C)C(=O)[C@H]1CC(=O)N(CC3CC3)C1)CCC2. The Labute approximate surface area is 147 Å². The maximum Gasteiger partial charge on any atom is 0.228 e. The second-order valence-electron chi connectivity index (χ2n) is 7.54. The first-order chi connectivity index (χ1) is 11.5. The summed E-state index contributed by atoms with van der Waals surface area (Å²) in [6.07, 6.45) is 5.96. The van der Waals surface area contributed by atoms with Crippen LogP contribution in [0.3, 0.4) is 0 Å². The number of carbonyl (C=O) groups is 2. The van der Waals surface area contributed by atoms with Gasteiger partial charge in [0.1, 0.15) is 0 Å². The van der Waals surface area contributed by atoms with Crippen LogP contribution in [-0.2, 0) is 16.0 Å². The van der Waals surface area contributed by atoms with Gasteiger partial charge in [-0.3, -0.25) is 9.59 Å². The Morgan fingerprint density at radius 2 is 2.17 bits per heavy atom. The highest BCUT2D eigenvalue weighted by Crippen LogP contribution is 2.38. The van der Waals surface area contributed by atoms with Crippen molar-refractivity contribution in [3.8, 4) is 0 Å². The van der Waals surface area contributed by atoms with Gasteiger partial charge in [-0.1, -0.05) is 0 Å². The van der Waals surface area contributed by atoms with Crippen molar-refractivity contribution in [2.75, 3.05) is 20.1 Å². The third kappa shape index (κ3) is 2.96. The summed E-state index contributed by atoms with van der Waals surface area (Å²) in [6.45, 7) is 3.50. The largest absolute Gasteiger partial charge is 0.342 e. The zero-order chi connectivity index (χ0) is 16.8. The minimum atomic E-state index is -0.166. The third-order valence-corrected chi connectivity index (χ3v) is 6.70. The monoisotopic (exact) mass is 347 g/mol. The molecule has 1 aliphatic heterocycles. The number of aromatic nitrogens is 1. The summed E-state index contributed by atoms with van der Waals surface area (Å²) in [6, 6.07) is 0.139. The molecule has 2 heterocycles. The van der Waals surface area contributed by atoms with E-state index in [1.807, 2.05) is 23.8 Å². The first kappa shape index (κ1) is 16.1. The van der Waals surface area contributed by atoms with Crippen molar-refractivity contribution in [2.45, 2.75) is 51.5 Å². The Hall–Kier alpha value is -1.43. The lowest BCUT2D eigenvalue weighted by molar-refractivity contribution is -0.137. The van der Waals surface area contributed by atoms with E-state index in [1.165, 1.54) is 23.4 Å². The standard InChI is InChI=1S/C18H25N3O2S/c1-11-19-14-4-3-5-15(17(14)24-11)20(2)18(23)13-8-16(22)21(10-13)9-12-6-7-12/h12-13,15H,3-10H2,1-2H3/t13-,15-/m0/s1. The van der Waals surface area contributed by atoms with Crippen LogP contribution in [0.4, 0.5) is 0 Å². The molecule has 2 amide bonds. The predicted molar refractivity (Wildman–Crippen MR) is 92.7 cm³/mol. The molecule has 2 fully saturated rings. The zero-order valence-corrected chi connectivity index (χ0v) is 15.3. The molecule has 1 saturated carbocycles. The third-order valence-electron chi connectivity index (χ3n) is 5.58. The van der Waals surface area contributed by atoms with Crippen LogP contribution in [0.2, 0.25) is 0 Å². The van der Waals surface area contributed by atoms with Gasteiger partial charge in [-0.25, -0.2) is 4.98 Å². The Balaban J connectivity index is 1.45. The van der Waals surface area contributed by atoms with Crippen molar-refractivity contribution in [3.63, 3.8) is 0 Å². The minimum Gasteiger partial charge on any atom is -0.342 e. The van der Waals surface area contributed by atoms with Gasteiger partial charge in [0.2, 0.25) is 11.8 Å². The maximum absolute atomic E-state index is 13.0. The summed E-state index contributed by atoms with van der Waals surface area (Å²) in [4.78, 5) is 34.9. The number of likely N-dealkylation sites (tertiary alicyclic amines) is 1. The van der Waals surface area contributed by atoms with Crippen molar-refractivity contribution in [3.05, 3.63) is 15.6 Å². The molecule has 6 heteroatoms. The van der Waals surface area contributed by atoms with Crippen LogP contribution in [-0.4, -0.2) is 46.7 Å². The molecule has 0 bridgehead atoms. The van der Waals surface area contributed by atoms with Gasteiger partial charge in [-0.15, -0.1) is 11.3 Å². The molecule has 1 aromatic rings. The number of amides is 2. The quantitative estimate of drug-likeness (QED) is 0.841. The molecular formula is C18H25N3O2S. The number of rotatable bonds is 4. The fourth-order valence-corrected chi connectivity index (χ4v) is 5.21. The average molecular weight is 347 g/mol. The molecule has 1 saturated heterocycles. The van der Waals surface area contributed by atoms with E-state index in [0.717, 1.165) is 30.8 Å². The second-order valence-corrected chi connectivity index (χ2v) is 8.78. The Morgan fingerprint density at radius 1 is 1.38 bits per heavy atom. The number of hydrogen-bond donors (Lipinski definition) is 0. The Morgan fingerprint density at radius 3 is 2.92 bits per heavy atom. The fourth-order valence-electron chi connectivity index (χ4n) is 4.06. The second kappa shape index (κ2) is 6.14. The van der Waals surface area contributed by atoms with E-state index in [9.17, 15) is 9.59 Å². The van der Waals surface area contributed by atoms with Crippen molar-refractivity contribution < 1.29 is 9.59 Å². The van der Waals surface area contributed by atoms with Crippen molar-refractivity contribution in [1.82, 2.24) is 14.8 Å². The number of fused-ring (bicyclic) bond motifs is 1. The van der Waals surface area contributed by atoms with E-state index in [-0.39, 0.29) is 23.8 Å². The van der Waals surface area contributed by atoms with Crippen molar-refractivity contribution in [2.24, 2.45) is 11.8 Å². The molecule has 5 nitrogen and oxygen atoms in total. The molecule has 3 aliphatic rings. The van der Waals surface area contributed by atoms with E-state index in [0.29, 0.717) is 18.9 Å². The van der Waals surface area contributed by atoms with Gasteiger partial charge in [-0.05, 0) is 44.9 Å². The predicted octanol–water partition coefficient (Wildman–Crippen LogP) is 2.55. The molecule has 130 valence electrons. The van der Waals surface area contributed by atoms with Crippen LogP contribution < -0.4 is 0 Å². The maximum atomic E-state index is 13.0. The molecule has 2 aliphatic carbocycles. The van der Waals surface area contributed by atoms with Crippen LogP contribution in [0.1, 0.15) is 53.7 Å². The Kier molecular flexibility index (Phi) is 4.11. The summed E-state index contributed by atoms with van der Waals surface area (Å²) in [5.41, 5.74) is 1.17. The van der Waals surface area contributed by atoms with E-state index in [2.05, 4.69) is 4.98 Å². The number of hydrogen-bond acceptors (Lipinski definition) is 4. The number of thiazole rings is 1. The molecular weight excluding hydrogens is 322 g/mol.